The molecule has 22 heavy (non-hydrogen) atoms. The molecule has 1 saturated carbocycles. The van der Waals surface area contributed by atoms with Crippen LogP contribution in [0.4, 0.5) is 0 Å². The van der Waals surface area contributed by atoms with Gasteiger partial charge in [-0.3, -0.25) is 13.9 Å². The van der Waals surface area contributed by atoms with Gasteiger partial charge in [-0.1, -0.05) is 0 Å². The fraction of sp³-hybridized carbons (Fsp3) is 0.600. The van der Waals surface area contributed by atoms with Gasteiger partial charge in [-0.2, -0.15) is 0 Å². The summed E-state index contributed by atoms with van der Waals surface area (Å²) in [7, 11) is 1.58. The topological polar surface area (TPSA) is 73.5 Å². The van der Waals surface area contributed by atoms with Crippen molar-refractivity contribution in [2.24, 2.45) is 5.92 Å². The highest BCUT2D eigenvalue weighted by Crippen LogP contribution is 2.31. The first kappa shape index (κ1) is 15.5. The number of aromatic nitrogens is 2. The minimum Gasteiger partial charge on any atom is -0.391 e. The first-order valence-corrected chi connectivity index (χ1v) is 8.25. The fourth-order valence-electron chi connectivity index (χ4n) is 2.69. The van der Waals surface area contributed by atoms with E-state index in [1.165, 1.54) is 15.9 Å². The minimum atomic E-state index is -0.271. The van der Waals surface area contributed by atoms with Crippen LogP contribution in [0.2, 0.25) is 0 Å². The third kappa shape index (κ3) is 2.53. The van der Waals surface area contributed by atoms with E-state index in [9.17, 15) is 14.7 Å². The largest absolute Gasteiger partial charge is 0.391 e. The maximum atomic E-state index is 12.7. The average molecular weight is 324 g/mol. The van der Waals surface area contributed by atoms with Crippen LogP contribution in [0.3, 0.4) is 0 Å². The molecule has 2 aromatic rings. The molecular weight excluding hydrogens is 304 g/mol. The summed E-state index contributed by atoms with van der Waals surface area (Å²) in [6.07, 6.45) is 2.15. The van der Waals surface area contributed by atoms with E-state index in [-0.39, 0.29) is 17.9 Å². The Morgan fingerprint density at radius 3 is 2.64 bits per heavy atom. The zero-order valence-corrected chi connectivity index (χ0v) is 13.6. The molecule has 0 saturated heterocycles. The molecule has 3 rings (SSSR count). The van der Waals surface area contributed by atoms with Gasteiger partial charge >= 0.3 is 5.69 Å². The molecular formula is C15H20N2O4S. The standard InChI is InChI=1S/C15H20N2O4S/c1-9-11(8-18)22-14-12(9)13(19)17(7-10-3-4-10)15(20)16(14)5-6-21-2/h10,18H,3-8H2,1-2H3. The van der Waals surface area contributed by atoms with Crippen molar-refractivity contribution in [2.75, 3.05) is 13.7 Å². The van der Waals surface area contributed by atoms with Crippen molar-refractivity contribution in [1.29, 1.82) is 0 Å². The van der Waals surface area contributed by atoms with Crippen molar-refractivity contribution in [3.05, 3.63) is 31.3 Å². The van der Waals surface area contributed by atoms with Crippen molar-refractivity contribution in [3.8, 4) is 0 Å². The molecule has 6 nitrogen and oxygen atoms in total. The third-order valence-electron chi connectivity index (χ3n) is 4.19. The van der Waals surface area contributed by atoms with Gasteiger partial charge in [0.25, 0.3) is 5.56 Å². The first-order chi connectivity index (χ1) is 10.6. The summed E-state index contributed by atoms with van der Waals surface area (Å²) in [5.41, 5.74) is 0.282. The van der Waals surface area contributed by atoms with Crippen molar-refractivity contribution in [3.63, 3.8) is 0 Å². The molecule has 7 heteroatoms. The second-order valence-corrected chi connectivity index (χ2v) is 6.86. The normalized spacial score (nSPS) is 14.9. The SMILES string of the molecule is COCCn1c(=O)n(CC2CC2)c(=O)c2c(C)c(CO)sc21. The predicted octanol–water partition coefficient (Wildman–Crippen LogP) is 1.08. The van der Waals surface area contributed by atoms with Gasteiger partial charge in [0.2, 0.25) is 0 Å². The Bertz CT molecular complexity index is 814. The molecule has 0 aliphatic heterocycles. The monoisotopic (exact) mass is 324 g/mol. The molecule has 1 aliphatic carbocycles. The molecule has 1 aliphatic rings. The Labute approximate surface area is 131 Å². The lowest BCUT2D eigenvalue weighted by molar-refractivity contribution is 0.186. The van der Waals surface area contributed by atoms with Gasteiger partial charge in [0.05, 0.1) is 25.1 Å². The summed E-state index contributed by atoms with van der Waals surface area (Å²) in [6, 6.07) is 0. The van der Waals surface area contributed by atoms with Crippen LogP contribution >= 0.6 is 11.3 Å². The van der Waals surface area contributed by atoms with Crippen molar-refractivity contribution < 1.29 is 9.84 Å². The van der Waals surface area contributed by atoms with Crippen molar-refractivity contribution in [2.45, 2.75) is 39.5 Å². The maximum Gasteiger partial charge on any atom is 0.332 e. The van der Waals surface area contributed by atoms with E-state index < -0.39 is 0 Å². The summed E-state index contributed by atoms with van der Waals surface area (Å²) in [5.74, 6) is 0.440. The highest BCUT2D eigenvalue weighted by atomic mass is 32.1. The van der Waals surface area contributed by atoms with E-state index in [0.717, 1.165) is 23.3 Å². The van der Waals surface area contributed by atoms with E-state index in [1.807, 2.05) is 6.92 Å². The molecule has 2 aromatic heterocycles. The summed E-state index contributed by atoms with van der Waals surface area (Å²) in [6.45, 7) is 3.01. The van der Waals surface area contributed by atoms with Crippen LogP contribution in [-0.2, 0) is 24.4 Å². The Kier molecular flexibility index (Phi) is 4.20. The van der Waals surface area contributed by atoms with Crippen LogP contribution in [0.5, 0.6) is 0 Å². The molecule has 1 fully saturated rings. The second kappa shape index (κ2) is 5.98. The smallest absolute Gasteiger partial charge is 0.332 e. The molecule has 0 aromatic carbocycles. The van der Waals surface area contributed by atoms with Gasteiger partial charge in [-0.05, 0) is 31.2 Å². The summed E-state index contributed by atoms with van der Waals surface area (Å²) in [5, 5.41) is 10.0. The number of aryl methyl sites for hydroxylation is 1. The molecule has 1 N–H and O–H groups in total. The number of ether oxygens (including phenoxy) is 1. The van der Waals surface area contributed by atoms with E-state index >= 15 is 0 Å². The van der Waals surface area contributed by atoms with Gasteiger partial charge in [-0.15, -0.1) is 11.3 Å². The second-order valence-electron chi connectivity index (χ2n) is 5.77. The van der Waals surface area contributed by atoms with Gasteiger partial charge in [-0.25, -0.2) is 4.79 Å². The van der Waals surface area contributed by atoms with Crippen molar-refractivity contribution in [1.82, 2.24) is 9.13 Å². The number of aliphatic hydroxyl groups is 1. The van der Waals surface area contributed by atoms with Crippen LogP contribution in [0.15, 0.2) is 9.59 Å². The molecule has 2 heterocycles. The average Bonchev–Trinajstić information content (AvgIpc) is 3.26. The van der Waals surface area contributed by atoms with E-state index in [4.69, 9.17) is 4.74 Å². The number of fused-ring (bicyclic) bond motifs is 1. The summed E-state index contributed by atoms with van der Waals surface area (Å²) < 4.78 is 8.05. The lowest BCUT2D eigenvalue weighted by atomic mass is 10.2. The van der Waals surface area contributed by atoms with Gasteiger partial charge in [0, 0.05) is 18.5 Å². The summed E-state index contributed by atoms with van der Waals surface area (Å²) in [4.78, 5) is 26.8. The fourth-order valence-corrected chi connectivity index (χ4v) is 3.87. The lowest BCUT2D eigenvalue weighted by Crippen LogP contribution is -2.40. The number of aliphatic hydroxyl groups excluding tert-OH is 1. The number of nitrogens with zero attached hydrogens (tertiary/aromatic N) is 2. The summed E-state index contributed by atoms with van der Waals surface area (Å²) >= 11 is 1.32. The maximum absolute atomic E-state index is 12.7. The van der Waals surface area contributed by atoms with Crippen LogP contribution in [0.25, 0.3) is 10.2 Å². The van der Waals surface area contributed by atoms with Gasteiger partial charge in [0.1, 0.15) is 4.83 Å². The zero-order valence-electron chi connectivity index (χ0n) is 12.8. The first-order valence-electron chi connectivity index (χ1n) is 7.43. The number of methoxy groups -OCH3 is 1. The van der Waals surface area contributed by atoms with Gasteiger partial charge < -0.3 is 9.84 Å². The highest BCUT2D eigenvalue weighted by Gasteiger charge is 2.26. The molecule has 120 valence electrons. The molecule has 0 atom stereocenters. The van der Waals surface area contributed by atoms with Crippen molar-refractivity contribution >= 4 is 21.6 Å². The Morgan fingerprint density at radius 1 is 1.32 bits per heavy atom. The number of hydrogen-bond donors (Lipinski definition) is 1. The number of rotatable bonds is 6. The van der Waals surface area contributed by atoms with E-state index in [0.29, 0.717) is 35.8 Å². The quantitative estimate of drug-likeness (QED) is 0.863. The highest BCUT2D eigenvalue weighted by molar-refractivity contribution is 7.18. The minimum absolute atomic E-state index is 0.119. The molecule has 0 amide bonds. The van der Waals surface area contributed by atoms with Crippen LogP contribution in [0.1, 0.15) is 23.3 Å². The Morgan fingerprint density at radius 2 is 2.05 bits per heavy atom. The predicted molar refractivity (Wildman–Crippen MR) is 85.6 cm³/mol. The Hall–Kier alpha value is -1.44. The zero-order chi connectivity index (χ0) is 15.9. The van der Waals surface area contributed by atoms with Crippen LogP contribution < -0.4 is 11.2 Å². The third-order valence-corrected chi connectivity index (χ3v) is 5.49. The molecule has 0 unspecified atom stereocenters. The van der Waals surface area contributed by atoms with Crippen LogP contribution in [0, 0.1) is 12.8 Å². The Balaban J connectivity index is 2.28. The van der Waals surface area contributed by atoms with E-state index in [2.05, 4.69) is 0 Å². The molecule has 0 radical (unpaired) electrons. The number of hydrogen-bond acceptors (Lipinski definition) is 5. The lowest BCUT2D eigenvalue weighted by Gasteiger charge is -2.11. The number of thiophene rings is 1. The molecule has 0 spiro atoms. The molecule has 0 bridgehead atoms. The van der Waals surface area contributed by atoms with E-state index in [1.54, 1.807) is 11.7 Å². The van der Waals surface area contributed by atoms with Crippen LogP contribution in [-0.4, -0.2) is 28.0 Å². The van der Waals surface area contributed by atoms with Gasteiger partial charge in [0.15, 0.2) is 0 Å².